The lowest BCUT2D eigenvalue weighted by molar-refractivity contribution is -0.129. The van der Waals surface area contributed by atoms with Gasteiger partial charge in [0.15, 0.2) is 0 Å². The first-order valence-corrected chi connectivity index (χ1v) is 7.85. The number of aliphatic hydroxyl groups is 1. The number of rotatable bonds is 5. The highest BCUT2D eigenvalue weighted by molar-refractivity contribution is 6.44. The van der Waals surface area contributed by atoms with Crippen molar-refractivity contribution < 1.29 is 9.90 Å². The molecular weight excluding hydrogens is 335 g/mol. The van der Waals surface area contributed by atoms with Crippen molar-refractivity contribution in [2.75, 3.05) is 25.0 Å². The first-order chi connectivity index (χ1) is 9.83. The molecule has 1 aliphatic heterocycles. The van der Waals surface area contributed by atoms with Gasteiger partial charge >= 0.3 is 0 Å². The van der Waals surface area contributed by atoms with Gasteiger partial charge in [0.2, 0.25) is 5.91 Å². The standard InChI is InChI=1S/C14H17Cl3N2O2/c1-2-3-14(21)7-19(8-14)6-13(20)18-12-5-10(16)9(15)4-11(12)17/h4-5,21H,2-3,6-8H2,1H3,(H,18,20). The average Bonchev–Trinajstić information content (AvgIpc) is 2.34. The van der Waals surface area contributed by atoms with E-state index in [0.29, 0.717) is 33.8 Å². The van der Waals surface area contributed by atoms with Gasteiger partial charge in [-0.2, -0.15) is 0 Å². The van der Waals surface area contributed by atoms with Gasteiger partial charge in [-0.15, -0.1) is 0 Å². The third kappa shape index (κ3) is 4.24. The molecule has 4 nitrogen and oxygen atoms in total. The Balaban J connectivity index is 1.88. The first-order valence-electron chi connectivity index (χ1n) is 6.72. The highest BCUT2D eigenvalue weighted by atomic mass is 35.5. The van der Waals surface area contributed by atoms with Crippen LogP contribution >= 0.6 is 34.8 Å². The Morgan fingerprint density at radius 1 is 1.29 bits per heavy atom. The number of nitrogens with one attached hydrogen (secondary N) is 1. The summed E-state index contributed by atoms with van der Waals surface area (Å²) in [6, 6.07) is 3.01. The molecule has 1 fully saturated rings. The Kier molecular flexibility index (Phi) is 5.38. The summed E-state index contributed by atoms with van der Waals surface area (Å²) in [6.07, 6.45) is 1.68. The van der Waals surface area contributed by atoms with Gasteiger partial charge in [-0.3, -0.25) is 9.69 Å². The molecule has 1 aromatic carbocycles. The maximum Gasteiger partial charge on any atom is 0.238 e. The fourth-order valence-corrected chi connectivity index (χ4v) is 3.13. The molecule has 1 heterocycles. The van der Waals surface area contributed by atoms with Gasteiger partial charge in [-0.25, -0.2) is 0 Å². The summed E-state index contributed by atoms with van der Waals surface area (Å²) in [5, 5.41) is 13.8. The minimum Gasteiger partial charge on any atom is -0.387 e. The molecule has 116 valence electrons. The van der Waals surface area contributed by atoms with Crippen molar-refractivity contribution in [2.45, 2.75) is 25.4 Å². The summed E-state index contributed by atoms with van der Waals surface area (Å²) >= 11 is 17.7. The fourth-order valence-electron chi connectivity index (χ4n) is 2.53. The molecule has 0 unspecified atom stereocenters. The zero-order valence-corrected chi connectivity index (χ0v) is 13.9. The molecule has 2 rings (SSSR count). The van der Waals surface area contributed by atoms with Crippen LogP contribution < -0.4 is 5.32 Å². The van der Waals surface area contributed by atoms with E-state index in [0.717, 1.165) is 12.8 Å². The zero-order chi connectivity index (χ0) is 15.6. The van der Waals surface area contributed by atoms with Crippen molar-refractivity contribution in [1.82, 2.24) is 4.90 Å². The molecule has 21 heavy (non-hydrogen) atoms. The van der Waals surface area contributed by atoms with Crippen LogP contribution in [-0.2, 0) is 4.79 Å². The lowest BCUT2D eigenvalue weighted by atomic mass is 9.89. The molecule has 0 aromatic heterocycles. The van der Waals surface area contributed by atoms with Gasteiger partial charge in [0.05, 0.1) is 32.9 Å². The van der Waals surface area contributed by atoms with E-state index in [1.807, 2.05) is 11.8 Å². The minimum absolute atomic E-state index is 0.200. The fraction of sp³-hybridized carbons (Fsp3) is 0.500. The maximum absolute atomic E-state index is 12.0. The molecule has 1 amide bonds. The number of β-amino-alcohol motifs (C(OH)–C–C–N with tert-alkyl or cyclic N) is 1. The van der Waals surface area contributed by atoms with Crippen molar-refractivity contribution in [2.24, 2.45) is 0 Å². The van der Waals surface area contributed by atoms with Crippen molar-refractivity contribution in [3.8, 4) is 0 Å². The average molecular weight is 352 g/mol. The first kappa shape index (κ1) is 16.8. The van der Waals surface area contributed by atoms with Crippen LogP contribution in [0.2, 0.25) is 15.1 Å². The minimum atomic E-state index is -0.643. The van der Waals surface area contributed by atoms with Crippen LogP contribution in [0.1, 0.15) is 19.8 Å². The lowest BCUT2D eigenvalue weighted by Gasteiger charge is -2.46. The largest absolute Gasteiger partial charge is 0.387 e. The number of hydrogen-bond acceptors (Lipinski definition) is 3. The summed E-state index contributed by atoms with van der Waals surface area (Å²) in [4.78, 5) is 13.8. The number of amides is 1. The molecule has 0 saturated carbocycles. The molecule has 0 spiro atoms. The van der Waals surface area contributed by atoms with Crippen LogP contribution in [-0.4, -0.2) is 41.1 Å². The second kappa shape index (κ2) is 6.71. The van der Waals surface area contributed by atoms with Crippen molar-refractivity contribution >= 4 is 46.4 Å². The summed E-state index contributed by atoms with van der Waals surface area (Å²) < 4.78 is 0. The summed E-state index contributed by atoms with van der Waals surface area (Å²) in [6.45, 7) is 3.27. The number of hydrogen-bond donors (Lipinski definition) is 2. The van der Waals surface area contributed by atoms with Crippen molar-refractivity contribution in [3.63, 3.8) is 0 Å². The van der Waals surface area contributed by atoms with Gasteiger partial charge in [-0.1, -0.05) is 48.1 Å². The maximum atomic E-state index is 12.0. The monoisotopic (exact) mass is 350 g/mol. The number of halogens is 3. The van der Waals surface area contributed by atoms with E-state index in [1.165, 1.54) is 12.1 Å². The molecule has 2 N–H and O–H groups in total. The van der Waals surface area contributed by atoms with Crippen LogP contribution in [0.5, 0.6) is 0 Å². The molecule has 0 aliphatic carbocycles. The Morgan fingerprint density at radius 3 is 2.52 bits per heavy atom. The van der Waals surface area contributed by atoms with Crippen LogP contribution in [0.4, 0.5) is 5.69 Å². The van der Waals surface area contributed by atoms with Gasteiger partial charge in [0.1, 0.15) is 0 Å². The second-order valence-corrected chi connectivity index (χ2v) is 6.64. The highest BCUT2D eigenvalue weighted by Gasteiger charge is 2.40. The van der Waals surface area contributed by atoms with E-state index in [9.17, 15) is 9.90 Å². The smallest absolute Gasteiger partial charge is 0.238 e. The number of carbonyl (C=O) groups is 1. The molecule has 1 saturated heterocycles. The van der Waals surface area contributed by atoms with E-state index in [4.69, 9.17) is 34.8 Å². The molecule has 1 aromatic rings. The van der Waals surface area contributed by atoms with Crippen molar-refractivity contribution in [3.05, 3.63) is 27.2 Å². The van der Waals surface area contributed by atoms with E-state index >= 15 is 0 Å². The topological polar surface area (TPSA) is 52.6 Å². The molecule has 0 bridgehead atoms. The van der Waals surface area contributed by atoms with Crippen LogP contribution in [0.3, 0.4) is 0 Å². The number of nitrogens with zero attached hydrogens (tertiary/aromatic N) is 1. The van der Waals surface area contributed by atoms with E-state index in [1.54, 1.807) is 0 Å². The predicted octanol–water partition coefficient (Wildman–Crippen LogP) is 3.43. The lowest BCUT2D eigenvalue weighted by Crippen LogP contribution is -2.62. The SMILES string of the molecule is CCCC1(O)CN(CC(=O)Nc2cc(Cl)c(Cl)cc2Cl)C1. The number of likely N-dealkylation sites (tertiary alicyclic amines) is 1. The Hall–Kier alpha value is -0.520. The number of carbonyl (C=O) groups excluding carboxylic acids is 1. The number of anilines is 1. The quantitative estimate of drug-likeness (QED) is 0.799. The Morgan fingerprint density at radius 2 is 1.90 bits per heavy atom. The van der Waals surface area contributed by atoms with Gasteiger partial charge in [0.25, 0.3) is 0 Å². The Labute approximate surface area is 139 Å². The highest BCUT2D eigenvalue weighted by Crippen LogP contribution is 2.32. The summed E-state index contributed by atoms with van der Waals surface area (Å²) in [5.74, 6) is -0.200. The molecule has 0 radical (unpaired) electrons. The predicted molar refractivity (Wildman–Crippen MR) is 86.4 cm³/mol. The normalized spacial score (nSPS) is 17.4. The van der Waals surface area contributed by atoms with Gasteiger partial charge in [-0.05, 0) is 18.6 Å². The number of benzene rings is 1. The molecular formula is C14H17Cl3N2O2. The summed E-state index contributed by atoms with van der Waals surface area (Å²) in [5.41, 5.74) is -0.212. The summed E-state index contributed by atoms with van der Waals surface area (Å²) in [7, 11) is 0. The van der Waals surface area contributed by atoms with Gasteiger partial charge in [0, 0.05) is 13.1 Å². The second-order valence-electron chi connectivity index (χ2n) is 5.41. The van der Waals surface area contributed by atoms with Crippen LogP contribution in [0.25, 0.3) is 0 Å². The zero-order valence-electron chi connectivity index (χ0n) is 11.6. The van der Waals surface area contributed by atoms with E-state index in [-0.39, 0.29) is 12.5 Å². The van der Waals surface area contributed by atoms with Crippen molar-refractivity contribution in [1.29, 1.82) is 0 Å². The molecule has 7 heteroatoms. The molecule has 1 aliphatic rings. The van der Waals surface area contributed by atoms with Crippen LogP contribution in [0, 0.1) is 0 Å². The molecule has 0 atom stereocenters. The van der Waals surface area contributed by atoms with E-state index in [2.05, 4.69) is 5.32 Å². The third-order valence-corrected chi connectivity index (χ3v) is 4.44. The van der Waals surface area contributed by atoms with Gasteiger partial charge < -0.3 is 10.4 Å². The Bertz CT molecular complexity index is 545. The van der Waals surface area contributed by atoms with E-state index < -0.39 is 5.60 Å². The van der Waals surface area contributed by atoms with Crippen LogP contribution in [0.15, 0.2) is 12.1 Å². The third-order valence-electron chi connectivity index (χ3n) is 3.40.